The lowest BCUT2D eigenvalue weighted by Crippen LogP contribution is -2.42. The quantitative estimate of drug-likeness (QED) is 0.606. The van der Waals surface area contributed by atoms with Crippen LogP contribution in [0, 0.1) is 13.8 Å². The fourth-order valence-corrected chi connectivity index (χ4v) is 2.76. The third-order valence-corrected chi connectivity index (χ3v) is 3.96. The minimum absolute atomic E-state index is 0.615. The number of aliphatic imine (C=N–C) groups is 1. The number of thioether (sulfide) groups is 1. The van der Waals surface area contributed by atoms with Crippen molar-refractivity contribution >= 4 is 17.7 Å². The molecule has 1 aliphatic heterocycles. The first-order chi connectivity index (χ1) is 8.18. The summed E-state index contributed by atoms with van der Waals surface area (Å²) in [6.07, 6.45) is 0. The van der Waals surface area contributed by atoms with Crippen LogP contribution in [0.15, 0.2) is 4.99 Å². The number of aromatic nitrogens is 2. The highest BCUT2D eigenvalue weighted by atomic mass is 32.2. The summed E-state index contributed by atoms with van der Waals surface area (Å²) < 4.78 is 0. The fourth-order valence-electron chi connectivity index (χ4n) is 1.86. The maximum absolute atomic E-state index is 6.00. The third kappa shape index (κ3) is 2.94. The summed E-state index contributed by atoms with van der Waals surface area (Å²) in [5, 5.41) is 7.12. The SMILES string of the molecule is Cc1n[nH]c(C)c1CN=C(N)N1CCSCC1. The number of nitrogens with zero attached hydrogens (tertiary/aromatic N) is 3. The van der Waals surface area contributed by atoms with Gasteiger partial charge in [-0.2, -0.15) is 16.9 Å². The Bertz CT molecular complexity index is 386. The lowest BCUT2D eigenvalue weighted by atomic mass is 10.2. The molecule has 0 atom stereocenters. The van der Waals surface area contributed by atoms with E-state index in [1.807, 2.05) is 25.6 Å². The molecule has 1 aliphatic rings. The number of nitrogens with one attached hydrogen (secondary N) is 1. The van der Waals surface area contributed by atoms with Crippen LogP contribution in [0.1, 0.15) is 17.0 Å². The van der Waals surface area contributed by atoms with Crippen LogP contribution >= 0.6 is 11.8 Å². The number of hydrogen-bond acceptors (Lipinski definition) is 3. The van der Waals surface area contributed by atoms with E-state index in [0.29, 0.717) is 12.5 Å². The van der Waals surface area contributed by atoms with Gasteiger partial charge in [0.05, 0.1) is 12.2 Å². The van der Waals surface area contributed by atoms with Gasteiger partial charge in [-0.15, -0.1) is 0 Å². The second-order valence-electron chi connectivity index (χ2n) is 4.19. The van der Waals surface area contributed by atoms with Crippen molar-refractivity contribution < 1.29 is 0 Å². The normalized spacial score (nSPS) is 17.5. The molecule has 1 aromatic heterocycles. The number of H-pyrrole nitrogens is 1. The van der Waals surface area contributed by atoms with Gasteiger partial charge in [0, 0.05) is 35.9 Å². The van der Waals surface area contributed by atoms with Crippen LogP contribution in [-0.4, -0.2) is 45.7 Å². The molecule has 1 aromatic rings. The van der Waals surface area contributed by atoms with Crippen LogP contribution in [0.2, 0.25) is 0 Å². The molecule has 3 N–H and O–H groups in total. The Morgan fingerprint density at radius 1 is 1.47 bits per heavy atom. The van der Waals surface area contributed by atoms with E-state index < -0.39 is 0 Å². The van der Waals surface area contributed by atoms with Crippen LogP contribution < -0.4 is 5.73 Å². The summed E-state index contributed by atoms with van der Waals surface area (Å²) in [4.78, 5) is 6.62. The van der Waals surface area contributed by atoms with Gasteiger partial charge in [0.15, 0.2) is 5.96 Å². The van der Waals surface area contributed by atoms with Crippen LogP contribution in [0.5, 0.6) is 0 Å². The van der Waals surface area contributed by atoms with Gasteiger partial charge in [-0.05, 0) is 13.8 Å². The first-order valence-electron chi connectivity index (χ1n) is 5.81. The molecule has 0 radical (unpaired) electrons. The van der Waals surface area contributed by atoms with Crippen molar-refractivity contribution in [3.8, 4) is 0 Å². The molecule has 6 heteroatoms. The molecule has 17 heavy (non-hydrogen) atoms. The third-order valence-electron chi connectivity index (χ3n) is 3.01. The molecule has 0 unspecified atom stereocenters. The predicted octanol–water partition coefficient (Wildman–Crippen LogP) is 0.890. The molecule has 0 aliphatic carbocycles. The van der Waals surface area contributed by atoms with E-state index in [0.717, 1.165) is 41.5 Å². The number of hydrogen-bond donors (Lipinski definition) is 2. The maximum atomic E-state index is 6.00. The van der Waals surface area contributed by atoms with Crippen molar-refractivity contribution in [3.05, 3.63) is 17.0 Å². The molecule has 2 heterocycles. The predicted molar refractivity (Wildman–Crippen MR) is 72.3 cm³/mol. The smallest absolute Gasteiger partial charge is 0.191 e. The zero-order valence-electron chi connectivity index (χ0n) is 10.4. The van der Waals surface area contributed by atoms with Gasteiger partial charge < -0.3 is 10.6 Å². The van der Waals surface area contributed by atoms with Crippen molar-refractivity contribution in [2.45, 2.75) is 20.4 Å². The van der Waals surface area contributed by atoms with Gasteiger partial charge in [-0.25, -0.2) is 4.99 Å². The summed E-state index contributed by atoms with van der Waals surface area (Å²) >= 11 is 1.97. The minimum atomic E-state index is 0.615. The lowest BCUT2D eigenvalue weighted by molar-refractivity contribution is 0.455. The second-order valence-corrected chi connectivity index (χ2v) is 5.41. The van der Waals surface area contributed by atoms with Gasteiger partial charge in [-0.1, -0.05) is 0 Å². The monoisotopic (exact) mass is 253 g/mol. The fraction of sp³-hybridized carbons (Fsp3) is 0.636. The van der Waals surface area contributed by atoms with E-state index in [1.165, 1.54) is 0 Å². The number of nitrogens with two attached hydrogens (primary N) is 1. The van der Waals surface area contributed by atoms with Crippen LogP contribution in [0.25, 0.3) is 0 Å². The Labute approximate surface area is 106 Å². The molecule has 0 aromatic carbocycles. The number of aromatic amines is 1. The van der Waals surface area contributed by atoms with Gasteiger partial charge in [0.25, 0.3) is 0 Å². The molecule has 0 saturated carbocycles. The van der Waals surface area contributed by atoms with E-state index in [9.17, 15) is 0 Å². The van der Waals surface area contributed by atoms with Crippen LogP contribution in [0.4, 0.5) is 0 Å². The zero-order valence-corrected chi connectivity index (χ0v) is 11.2. The van der Waals surface area contributed by atoms with Gasteiger partial charge in [0.2, 0.25) is 0 Å². The lowest BCUT2D eigenvalue weighted by Gasteiger charge is -2.27. The molecule has 1 saturated heterocycles. The molecule has 2 rings (SSSR count). The number of rotatable bonds is 2. The summed E-state index contributed by atoms with van der Waals surface area (Å²) in [6, 6.07) is 0. The number of guanidine groups is 1. The highest BCUT2D eigenvalue weighted by molar-refractivity contribution is 7.99. The average Bonchev–Trinajstić information content (AvgIpc) is 2.67. The largest absolute Gasteiger partial charge is 0.370 e. The summed E-state index contributed by atoms with van der Waals surface area (Å²) in [6.45, 7) is 6.62. The van der Waals surface area contributed by atoms with E-state index in [-0.39, 0.29) is 0 Å². The molecular formula is C11H19N5S. The summed E-state index contributed by atoms with van der Waals surface area (Å²) in [5.41, 5.74) is 9.24. The minimum Gasteiger partial charge on any atom is -0.370 e. The van der Waals surface area contributed by atoms with Gasteiger partial charge >= 0.3 is 0 Å². The standard InChI is InChI=1S/C11H19N5S/c1-8-10(9(2)15-14-8)7-13-11(12)16-3-5-17-6-4-16/h3-7H2,1-2H3,(H2,12,13)(H,14,15). The van der Waals surface area contributed by atoms with E-state index >= 15 is 0 Å². The maximum Gasteiger partial charge on any atom is 0.191 e. The van der Waals surface area contributed by atoms with Crippen LogP contribution in [-0.2, 0) is 6.54 Å². The highest BCUT2D eigenvalue weighted by Crippen LogP contribution is 2.12. The Hall–Kier alpha value is -1.17. The highest BCUT2D eigenvalue weighted by Gasteiger charge is 2.12. The number of aryl methyl sites for hydroxylation is 2. The Kier molecular flexibility index (Phi) is 3.93. The Morgan fingerprint density at radius 3 is 2.76 bits per heavy atom. The first-order valence-corrected chi connectivity index (χ1v) is 6.97. The Morgan fingerprint density at radius 2 is 2.18 bits per heavy atom. The second kappa shape index (κ2) is 5.44. The van der Waals surface area contributed by atoms with E-state index in [4.69, 9.17) is 5.73 Å². The van der Waals surface area contributed by atoms with Crippen molar-refractivity contribution in [1.82, 2.24) is 15.1 Å². The molecule has 1 fully saturated rings. The zero-order chi connectivity index (χ0) is 12.3. The van der Waals surface area contributed by atoms with Crippen molar-refractivity contribution in [2.24, 2.45) is 10.7 Å². The molecule has 0 amide bonds. The summed E-state index contributed by atoms with van der Waals surface area (Å²) in [7, 11) is 0. The molecule has 5 nitrogen and oxygen atoms in total. The van der Waals surface area contributed by atoms with E-state index in [1.54, 1.807) is 0 Å². The van der Waals surface area contributed by atoms with Crippen molar-refractivity contribution in [2.75, 3.05) is 24.6 Å². The van der Waals surface area contributed by atoms with Crippen molar-refractivity contribution in [3.63, 3.8) is 0 Å². The first kappa shape index (κ1) is 12.3. The van der Waals surface area contributed by atoms with Gasteiger partial charge in [-0.3, -0.25) is 5.10 Å². The van der Waals surface area contributed by atoms with Gasteiger partial charge in [0.1, 0.15) is 0 Å². The van der Waals surface area contributed by atoms with E-state index in [2.05, 4.69) is 20.1 Å². The molecule has 0 spiro atoms. The van der Waals surface area contributed by atoms with Crippen LogP contribution in [0.3, 0.4) is 0 Å². The topological polar surface area (TPSA) is 70.3 Å². The Balaban J connectivity index is 1.99. The average molecular weight is 253 g/mol. The molecule has 0 bridgehead atoms. The molecule has 94 valence electrons. The van der Waals surface area contributed by atoms with Crippen molar-refractivity contribution in [1.29, 1.82) is 0 Å². The summed E-state index contributed by atoms with van der Waals surface area (Å²) in [5.74, 6) is 2.94. The molecular weight excluding hydrogens is 234 g/mol.